The van der Waals surface area contributed by atoms with Crippen molar-refractivity contribution in [2.24, 2.45) is 5.73 Å². The fourth-order valence-corrected chi connectivity index (χ4v) is 1.50. The average molecular weight is 157 g/mol. The normalized spacial score (nSPS) is 13.4. The second-order valence-corrected chi connectivity index (χ2v) is 2.93. The molecule has 0 saturated heterocycles. The summed E-state index contributed by atoms with van der Waals surface area (Å²) in [7, 11) is 0. The van der Waals surface area contributed by atoms with E-state index in [0.717, 1.165) is 5.56 Å². The topological polar surface area (TPSA) is 46.2 Å². The Balaban J connectivity index is 2.50. The molecule has 0 aliphatic carbocycles. The zero-order valence-corrected chi connectivity index (χ0v) is 6.47. The van der Waals surface area contributed by atoms with E-state index in [1.54, 1.807) is 11.3 Å². The highest BCUT2D eigenvalue weighted by molar-refractivity contribution is 7.07. The molecule has 0 fully saturated rings. The van der Waals surface area contributed by atoms with Crippen LogP contribution in [0.1, 0.15) is 18.1 Å². The van der Waals surface area contributed by atoms with Gasteiger partial charge in [0.25, 0.3) is 0 Å². The summed E-state index contributed by atoms with van der Waals surface area (Å²) in [4.78, 5) is 0. The zero-order chi connectivity index (χ0) is 7.40. The molecule has 0 radical (unpaired) electrons. The highest BCUT2D eigenvalue weighted by Crippen LogP contribution is 2.17. The number of thiophene rings is 1. The van der Waals surface area contributed by atoms with Gasteiger partial charge in [-0.3, -0.25) is 0 Å². The molecule has 0 aliphatic rings. The van der Waals surface area contributed by atoms with Crippen LogP contribution in [-0.2, 0) is 0 Å². The van der Waals surface area contributed by atoms with Gasteiger partial charge in [-0.2, -0.15) is 11.3 Å². The highest BCUT2D eigenvalue weighted by atomic mass is 32.1. The minimum absolute atomic E-state index is 0.365. The maximum atomic E-state index is 9.34. The molecule has 0 saturated carbocycles. The molecule has 0 bridgehead atoms. The van der Waals surface area contributed by atoms with E-state index in [9.17, 15) is 5.11 Å². The first-order chi connectivity index (χ1) is 4.84. The summed E-state index contributed by atoms with van der Waals surface area (Å²) in [6.07, 6.45) is 0.285. The molecule has 10 heavy (non-hydrogen) atoms. The van der Waals surface area contributed by atoms with E-state index in [1.165, 1.54) is 0 Å². The SMILES string of the molecule is NCC[C@H](O)c1ccsc1. The molecule has 0 spiro atoms. The Morgan fingerprint density at radius 1 is 1.70 bits per heavy atom. The fourth-order valence-electron chi connectivity index (χ4n) is 0.789. The fraction of sp³-hybridized carbons (Fsp3) is 0.429. The summed E-state index contributed by atoms with van der Waals surface area (Å²) in [6.45, 7) is 0.539. The molecule has 0 unspecified atom stereocenters. The van der Waals surface area contributed by atoms with Crippen LogP contribution in [0.4, 0.5) is 0 Å². The van der Waals surface area contributed by atoms with Gasteiger partial charge in [0.2, 0.25) is 0 Å². The Labute approximate surface area is 64.3 Å². The van der Waals surface area contributed by atoms with E-state index in [0.29, 0.717) is 13.0 Å². The predicted octanol–water partition coefficient (Wildman–Crippen LogP) is 1.13. The van der Waals surface area contributed by atoms with Crippen LogP contribution in [0, 0.1) is 0 Å². The van der Waals surface area contributed by atoms with E-state index in [2.05, 4.69) is 0 Å². The molecule has 1 heterocycles. The van der Waals surface area contributed by atoms with Crippen molar-refractivity contribution >= 4 is 11.3 Å². The van der Waals surface area contributed by atoms with Gasteiger partial charge in [-0.25, -0.2) is 0 Å². The lowest BCUT2D eigenvalue weighted by atomic mass is 10.1. The predicted molar refractivity (Wildman–Crippen MR) is 43.0 cm³/mol. The number of hydrogen-bond acceptors (Lipinski definition) is 3. The summed E-state index contributed by atoms with van der Waals surface area (Å²) < 4.78 is 0. The van der Waals surface area contributed by atoms with Crippen LogP contribution in [0.2, 0.25) is 0 Å². The van der Waals surface area contributed by atoms with Crippen LogP contribution < -0.4 is 5.73 Å². The number of hydrogen-bond donors (Lipinski definition) is 2. The third kappa shape index (κ3) is 1.80. The van der Waals surface area contributed by atoms with Crippen LogP contribution >= 0.6 is 11.3 Å². The molecule has 1 aromatic heterocycles. The first-order valence-corrected chi connectivity index (χ1v) is 4.19. The third-order valence-electron chi connectivity index (χ3n) is 1.37. The summed E-state index contributed by atoms with van der Waals surface area (Å²) in [5.41, 5.74) is 6.26. The van der Waals surface area contributed by atoms with Gasteiger partial charge in [0, 0.05) is 0 Å². The van der Waals surface area contributed by atoms with Gasteiger partial charge >= 0.3 is 0 Å². The third-order valence-corrected chi connectivity index (χ3v) is 2.07. The van der Waals surface area contributed by atoms with E-state index in [-0.39, 0.29) is 6.10 Å². The number of aliphatic hydroxyl groups excluding tert-OH is 1. The average Bonchev–Trinajstić information content (AvgIpc) is 2.38. The Bertz CT molecular complexity index is 174. The van der Waals surface area contributed by atoms with Crippen molar-refractivity contribution in [3.8, 4) is 0 Å². The van der Waals surface area contributed by atoms with E-state index in [4.69, 9.17) is 5.73 Å². The lowest BCUT2D eigenvalue weighted by Gasteiger charge is -2.04. The molecule has 3 heteroatoms. The molecule has 0 aliphatic heterocycles. The Morgan fingerprint density at radius 3 is 3.00 bits per heavy atom. The number of rotatable bonds is 3. The van der Waals surface area contributed by atoms with Crippen LogP contribution in [-0.4, -0.2) is 11.7 Å². The van der Waals surface area contributed by atoms with Gasteiger partial charge in [0.15, 0.2) is 0 Å². The van der Waals surface area contributed by atoms with E-state index in [1.807, 2.05) is 16.8 Å². The van der Waals surface area contributed by atoms with Crippen molar-refractivity contribution in [1.29, 1.82) is 0 Å². The van der Waals surface area contributed by atoms with Gasteiger partial charge in [0.1, 0.15) is 0 Å². The molecule has 3 N–H and O–H groups in total. The molecule has 1 aromatic rings. The van der Waals surface area contributed by atoms with Gasteiger partial charge in [-0.15, -0.1) is 0 Å². The molecule has 2 nitrogen and oxygen atoms in total. The lowest BCUT2D eigenvalue weighted by molar-refractivity contribution is 0.171. The van der Waals surface area contributed by atoms with Crippen LogP contribution in [0.15, 0.2) is 16.8 Å². The van der Waals surface area contributed by atoms with Gasteiger partial charge in [-0.1, -0.05) is 0 Å². The Kier molecular flexibility index (Phi) is 2.86. The minimum atomic E-state index is -0.365. The molecular weight excluding hydrogens is 146 g/mol. The first-order valence-electron chi connectivity index (χ1n) is 3.25. The molecule has 0 amide bonds. The quantitative estimate of drug-likeness (QED) is 0.691. The van der Waals surface area contributed by atoms with Crippen molar-refractivity contribution in [1.82, 2.24) is 0 Å². The molecule has 1 atom stereocenters. The monoisotopic (exact) mass is 157 g/mol. The van der Waals surface area contributed by atoms with E-state index >= 15 is 0 Å². The standard InChI is InChI=1S/C7H11NOS/c8-3-1-7(9)6-2-4-10-5-6/h2,4-5,7,9H,1,3,8H2/t7-/m0/s1. The number of aliphatic hydroxyl groups is 1. The molecule has 0 aromatic carbocycles. The van der Waals surface area contributed by atoms with Crippen LogP contribution in [0.3, 0.4) is 0 Å². The van der Waals surface area contributed by atoms with Crippen LogP contribution in [0.25, 0.3) is 0 Å². The first kappa shape index (κ1) is 7.72. The minimum Gasteiger partial charge on any atom is -0.388 e. The second kappa shape index (κ2) is 3.71. The number of nitrogens with two attached hydrogens (primary N) is 1. The maximum Gasteiger partial charge on any atom is 0.0810 e. The second-order valence-electron chi connectivity index (χ2n) is 2.15. The van der Waals surface area contributed by atoms with Crippen molar-refractivity contribution in [3.63, 3.8) is 0 Å². The molecule has 1 rings (SSSR count). The summed E-state index contributed by atoms with van der Waals surface area (Å²) in [5, 5.41) is 13.2. The highest BCUT2D eigenvalue weighted by Gasteiger charge is 2.04. The molecular formula is C7H11NOS. The van der Waals surface area contributed by atoms with Crippen molar-refractivity contribution in [2.45, 2.75) is 12.5 Å². The van der Waals surface area contributed by atoms with Crippen molar-refractivity contribution in [2.75, 3.05) is 6.54 Å². The Morgan fingerprint density at radius 2 is 2.50 bits per heavy atom. The zero-order valence-electron chi connectivity index (χ0n) is 5.66. The van der Waals surface area contributed by atoms with Crippen molar-refractivity contribution < 1.29 is 5.11 Å². The largest absolute Gasteiger partial charge is 0.388 e. The smallest absolute Gasteiger partial charge is 0.0810 e. The summed E-state index contributed by atoms with van der Waals surface area (Å²) in [5.74, 6) is 0. The van der Waals surface area contributed by atoms with Crippen LogP contribution in [0.5, 0.6) is 0 Å². The van der Waals surface area contributed by atoms with E-state index < -0.39 is 0 Å². The van der Waals surface area contributed by atoms with Gasteiger partial charge in [-0.05, 0) is 35.4 Å². The van der Waals surface area contributed by atoms with Crippen molar-refractivity contribution in [3.05, 3.63) is 22.4 Å². The Hall–Kier alpha value is -0.380. The lowest BCUT2D eigenvalue weighted by Crippen LogP contribution is -2.05. The summed E-state index contributed by atoms with van der Waals surface area (Å²) >= 11 is 1.59. The van der Waals surface area contributed by atoms with Gasteiger partial charge < -0.3 is 10.8 Å². The maximum absolute atomic E-state index is 9.34. The molecule has 56 valence electrons. The summed E-state index contributed by atoms with van der Waals surface area (Å²) in [6, 6.07) is 1.92. The van der Waals surface area contributed by atoms with Gasteiger partial charge in [0.05, 0.1) is 6.10 Å².